The average molecular weight is 201 g/mol. The van der Waals surface area contributed by atoms with E-state index in [2.05, 4.69) is 5.32 Å². The Morgan fingerprint density at radius 2 is 2.00 bits per heavy atom. The molecular weight excluding hydrogens is 188 g/mol. The fourth-order valence-corrected chi connectivity index (χ4v) is 1.27. The van der Waals surface area contributed by atoms with Crippen LogP contribution in [0.1, 0.15) is 23.6 Å². The summed E-state index contributed by atoms with van der Waals surface area (Å²) in [6.45, 7) is -0.108. The lowest BCUT2D eigenvalue weighted by molar-refractivity contribution is 0.151. The minimum absolute atomic E-state index is 0.0174. The predicted molar refractivity (Wildman–Crippen MR) is 50.3 cm³/mol. The van der Waals surface area contributed by atoms with E-state index in [9.17, 15) is 8.78 Å². The lowest BCUT2D eigenvalue weighted by atomic mass is 10.0. The second-order valence-electron chi connectivity index (χ2n) is 2.99. The molecule has 4 heteroatoms. The van der Waals surface area contributed by atoms with Crippen LogP contribution in [0.4, 0.5) is 8.78 Å². The van der Waals surface area contributed by atoms with Gasteiger partial charge >= 0.3 is 0 Å². The molecule has 1 atom stereocenters. The Morgan fingerprint density at radius 1 is 1.36 bits per heavy atom. The van der Waals surface area contributed by atoms with Gasteiger partial charge < -0.3 is 10.4 Å². The summed E-state index contributed by atoms with van der Waals surface area (Å²) in [6, 6.07) is 5.77. The zero-order valence-electron chi connectivity index (χ0n) is 7.87. The van der Waals surface area contributed by atoms with Crippen molar-refractivity contribution in [2.24, 2.45) is 0 Å². The van der Waals surface area contributed by atoms with Crippen molar-refractivity contribution in [3.05, 3.63) is 35.4 Å². The lowest BCUT2D eigenvalue weighted by Crippen LogP contribution is -2.19. The number of rotatable bonds is 4. The number of aliphatic hydroxyl groups is 1. The van der Waals surface area contributed by atoms with Crippen LogP contribution in [0.3, 0.4) is 0 Å². The van der Waals surface area contributed by atoms with Crippen LogP contribution in [0.5, 0.6) is 0 Å². The van der Waals surface area contributed by atoms with Crippen LogP contribution in [-0.4, -0.2) is 18.8 Å². The maximum Gasteiger partial charge on any atom is 0.263 e. The van der Waals surface area contributed by atoms with Gasteiger partial charge in [0.1, 0.15) is 0 Å². The largest absolute Gasteiger partial charge is 0.394 e. The number of likely N-dealkylation sites (N-methyl/N-ethyl adjacent to an activating group) is 1. The Bertz CT molecular complexity index is 287. The summed E-state index contributed by atoms with van der Waals surface area (Å²) in [7, 11) is 1.68. The smallest absolute Gasteiger partial charge is 0.263 e. The minimum Gasteiger partial charge on any atom is -0.394 e. The number of aliphatic hydroxyl groups excluding tert-OH is 1. The zero-order valence-corrected chi connectivity index (χ0v) is 7.87. The van der Waals surface area contributed by atoms with Crippen LogP contribution in [-0.2, 0) is 0 Å². The zero-order chi connectivity index (χ0) is 10.6. The predicted octanol–water partition coefficient (Wildman–Crippen LogP) is 1.88. The summed E-state index contributed by atoms with van der Waals surface area (Å²) in [4.78, 5) is 0. The molecule has 0 radical (unpaired) electrons. The number of nitrogens with one attached hydrogen (secondary N) is 1. The van der Waals surface area contributed by atoms with E-state index in [-0.39, 0.29) is 18.2 Å². The van der Waals surface area contributed by atoms with Gasteiger partial charge in [-0.1, -0.05) is 18.2 Å². The van der Waals surface area contributed by atoms with E-state index in [1.54, 1.807) is 19.2 Å². The van der Waals surface area contributed by atoms with E-state index in [0.29, 0.717) is 5.56 Å². The lowest BCUT2D eigenvalue weighted by Gasteiger charge is -2.14. The van der Waals surface area contributed by atoms with Gasteiger partial charge in [0.2, 0.25) is 0 Å². The van der Waals surface area contributed by atoms with Crippen molar-refractivity contribution >= 4 is 0 Å². The summed E-state index contributed by atoms with van der Waals surface area (Å²) in [5.41, 5.74) is 0.656. The molecule has 0 amide bonds. The molecule has 0 heterocycles. The molecule has 0 bridgehead atoms. The van der Waals surface area contributed by atoms with Crippen LogP contribution in [0.2, 0.25) is 0 Å². The first-order valence-electron chi connectivity index (χ1n) is 4.35. The Kier molecular flexibility index (Phi) is 3.98. The molecule has 14 heavy (non-hydrogen) atoms. The highest BCUT2D eigenvalue weighted by Crippen LogP contribution is 2.22. The highest BCUT2D eigenvalue weighted by Gasteiger charge is 2.11. The number of hydrogen-bond acceptors (Lipinski definition) is 2. The molecule has 0 aliphatic rings. The van der Waals surface area contributed by atoms with E-state index in [1.165, 1.54) is 12.1 Å². The van der Waals surface area contributed by atoms with Crippen molar-refractivity contribution in [2.75, 3.05) is 13.7 Å². The third-order valence-electron chi connectivity index (χ3n) is 2.10. The fraction of sp³-hybridized carbons (Fsp3) is 0.400. The minimum atomic E-state index is -2.47. The monoisotopic (exact) mass is 201 g/mol. The van der Waals surface area contributed by atoms with Crippen LogP contribution in [0.15, 0.2) is 24.3 Å². The van der Waals surface area contributed by atoms with Crippen LogP contribution in [0, 0.1) is 0 Å². The molecule has 2 nitrogen and oxygen atoms in total. The molecular formula is C10H13F2NO. The maximum atomic E-state index is 12.3. The number of halogens is 2. The second kappa shape index (κ2) is 5.02. The van der Waals surface area contributed by atoms with Crippen LogP contribution >= 0.6 is 0 Å². The molecule has 1 aromatic carbocycles. The van der Waals surface area contributed by atoms with Gasteiger partial charge in [-0.05, 0) is 18.7 Å². The van der Waals surface area contributed by atoms with Crippen molar-refractivity contribution in [1.29, 1.82) is 0 Å². The second-order valence-corrected chi connectivity index (χ2v) is 2.99. The topological polar surface area (TPSA) is 32.3 Å². The molecule has 78 valence electrons. The molecule has 0 saturated carbocycles. The highest BCUT2D eigenvalue weighted by atomic mass is 19.3. The molecule has 0 aliphatic heterocycles. The van der Waals surface area contributed by atoms with Crippen LogP contribution in [0.25, 0.3) is 0 Å². The van der Waals surface area contributed by atoms with Crippen molar-refractivity contribution in [1.82, 2.24) is 5.32 Å². The molecule has 0 fully saturated rings. The van der Waals surface area contributed by atoms with Crippen molar-refractivity contribution in [3.8, 4) is 0 Å². The summed E-state index contributed by atoms with van der Waals surface area (Å²) >= 11 is 0. The average Bonchev–Trinajstić information content (AvgIpc) is 2.20. The van der Waals surface area contributed by atoms with Crippen LogP contribution < -0.4 is 5.32 Å². The molecule has 1 rings (SSSR count). The van der Waals surface area contributed by atoms with Crippen molar-refractivity contribution < 1.29 is 13.9 Å². The quantitative estimate of drug-likeness (QED) is 0.779. The Balaban J connectivity index is 2.92. The Hall–Kier alpha value is -1.00. The van der Waals surface area contributed by atoms with Gasteiger partial charge in [-0.15, -0.1) is 0 Å². The normalized spacial score (nSPS) is 13.2. The SMILES string of the molecule is CNC(CO)c1cccc(C(F)F)c1. The van der Waals surface area contributed by atoms with Gasteiger partial charge in [0.15, 0.2) is 0 Å². The highest BCUT2D eigenvalue weighted by molar-refractivity contribution is 5.26. The molecule has 0 spiro atoms. The van der Waals surface area contributed by atoms with E-state index >= 15 is 0 Å². The van der Waals surface area contributed by atoms with Crippen molar-refractivity contribution in [3.63, 3.8) is 0 Å². The molecule has 0 aromatic heterocycles. The van der Waals surface area contributed by atoms with E-state index in [1.807, 2.05) is 0 Å². The van der Waals surface area contributed by atoms with E-state index in [0.717, 1.165) is 0 Å². The van der Waals surface area contributed by atoms with Gasteiger partial charge in [0.25, 0.3) is 6.43 Å². The molecule has 2 N–H and O–H groups in total. The maximum absolute atomic E-state index is 12.3. The molecule has 0 aliphatic carbocycles. The first-order chi connectivity index (χ1) is 6.69. The van der Waals surface area contributed by atoms with Gasteiger partial charge in [-0.25, -0.2) is 8.78 Å². The van der Waals surface area contributed by atoms with Gasteiger partial charge in [-0.2, -0.15) is 0 Å². The summed E-state index contributed by atoms with van der Waals surface area (Å²) in [6.07, 6.45) is -2.47. The summed E-state index contributed by atoms with van der Waals surface area (Å²) in [5.74, 6) is 0. The summed E-state index contributed by atoms with van der Waals surface area (Å²) in [5, 5.41) is 11.8. The fourth-order valence-electron chi connectivity index (χ4n) is 1.27. The third-order valence-corrected chi connectivity index (χ3v) is 2.10. The standard InChI is InChI=1S/C10H13F2NO/c1-13-9(6-14)7-3-2-4-8(5-7)10(11)12/h2-5,9-10,13-14H,6H2,1H3. The number of benzene rings is 1. The number of alkyl halides is 2. The molecule has 0 saturated heterocycles. The van der Waals surface area contributed by atoms with Gasteiger partial charge in [0.05, 0.1) is 12.6 Å². The van der Waals surface area contributed by atoms with E-state index < -0.39 is 6.43 Å². The molecule has 1 unspecified atom stereocenters. The molecule has 1 aromatic rings. The van der Waals surface area contributed by atoms with E-state index in [4.69, 9.17) is 5.11 Å². The Morgan fingerprint density at radius 3 is 2.50 bits per heavy atom. The van der Waals surface area contributed by atoms with Crippen molar-refractivity contribution in [2.45, 2.75) is 12.5 Å². The van der Waals surface area contributed by atoms with Gasteiger partial charge in [-0.3, -0.25) is 0 Å². The first kappa shape index (κ1) is 11.1. The third kappa shape index (κ3) is 2.49. The van der Waals surface area contributed by atoms with Gasteiger partial charge in [0, 0.05) is 5.56 Å². The number of hydrogen-bond donors (Lipinski definition) is 2. The summed E-state index contributed by atoms with van der Waals surface area (Å²) < 4.78 is 24.7. The first-order valence-corrected chi connectivity index (χ1v) is 4.35. The Labute approximate surface area is 81.6 Å².